The van der Waals surface area contributed by atoms with E-state index >= 15 is 0 Å². The van der Waals surface area contributed by atoms with Gasteiger partial charge in [-0.2, -0.15) is 8.42 Å². The molecule has 0 saturated carbocycles. The second-order valence-corrected chi connectivity index (χ2v) is 8.72. The van der Waals surface area contributed by atoms with Crippen molar-refractivity contribution in [1.29, 1.82) is 0 Å². The number of carbonyl (C=O) groups is 2. The smallest absolute Gasteiger partial charge is 0.343 e. The third kappa shape index (κ3) is 5.62. The first-order valence-corrected chi connectivity index (χ1v) is 11.4. The first-order valence-electron chi connectivity index (χ1n) is 9.63. The highest BCUT2D eigenvalue weighted by atomic mass is 35.5. The molecule has 33 heavy (non-hydrogen) atoms. The van der Waals surface area contributed by atoms with Crippen molar-refractivity contribution in [2.75, 3.05) is 23.8 Å². The first-order chi connectivity index (χ1) is 15.6. The van der Waals surface area contributed by atoms with E-state index in [1.807, 2.05) is 0 Å². The van der Waals surface area contributed by atoms with Gasteiger partial charge >= 0.3 is 11.9 Å². The maximum atomic E-state index is 13.1. The van der Waals surface area contributed by atoms with Crippen molar-refractivity contribution >= 4 is 50.8 Å². The number of hydrogen-bond acceptors (Lipinski definition) is 7. The molecule has 3 rings (SSSR count). The Morgan fingerprint density at radius 3 is 2.39 bits per heavy atom. The lowest BCUT2D eigenvalue weighted by Gasteiger charge is -2.12. The van der Waals surface area contributed by atoms with Gasteiger partial charge in [-0.05, 0) is 44.2 Å². The summed E-state index contributed by atoms with van der Waals surface area (Å²) in [5.74, 6) is -2.20. The second kappa shape index (κ2) is 9.92. The van der Waals surface area contributed by atoms with Crippen LogP contribution in [0.4, 0.5) is 11.4 Å². The van der Waals surface area contributed by atoms with E-state index in [9.17, 15) is 18.0 Å². The van der Waals surface area contributed by atoms with E-state index in [0.29, 0.717) is 17.1 Å². The minimum Gasteiger partial charge on any atom is -0.480 e. The number of para-hydroxylation sites is 2. The minimum atomic E-state index is -4.35. The predicted octanol–water partition coefficient (Wildman–Crippen LogP) is 3.27. The van der Waals surface area contributed by atoms with Crippen molar-refractivity contribution in [3.05, 3.63) is 58.8 Å². The lowest BCUT2D eigenvalue weighted by molar-refractivity contribution is -0.139. The number of fused-ring (bicyclic) bond motifs is 1. The number of allylic oxidation sites excluding steroid dienone is 1. The molecule has 1 heterocycles. The Morgan fingerprint density at radius 2 is 1.79 bits per heavy atom. The number of carboxylic acid groups (broad SMARTS) is 1. The molecule has 12 heteroatoms. The van der Waals surface area contributed by atoms with Crippen molar-refractivity contribution in [1.82, 2.24) is 0 Å². The van der Waals surface area contributed by atoms with Gasteiger partial charge in [0, 0.05) is 5.70 Å². The van der Waals surface area contributed by atoms with Crippen LogP contribution in [0, 0.1) is 0 Å². The number of rotatable bonds is 7. The Bertz CT molecular complexity index is 1270. The lowest BCUT2D eigenvalue weighted by atomic mass is 10.2. The highest BCUT2D eigenvalue weighted by molar-refractivity contribution is 7.90. The van der Waals surface area contributed by atoms with E-state index in [1.165, 1.54) is 12.1 Å². The van der Waals surface area contributed by atoms with Crippen molar-refractivity contribution in [3.8, 4) is 5.75 Å². The molecule has 1 aliphatic heterocycles. The number of nitrogens with zero attached hydrogens (tertiary/aromatic N) is 1. The van der Waals surface area contributed by atoms with Gasteiger partial charge in [0.15, 0.2) is 12.4 Å². The van der Waals surface area contributed by atoms with E-state index in [2.05, 4.69) is 15.0 Å². The summed E-state index contributed by atoms with van der Waals surface area (Å²) in [4.78, 5) is 23.0. The SMILES string of the molecule is CCOC(=O)C1=C(C)Nc2ccccc2N/C1=N/S(=O)(=O)c1ccc(OCC(=O)O)c(Cl)c1. The highest BCUT2D eigenvalue weighted by Crippen LogP contribution is 2.31. The molecule has 0 atom stereocenters. The summed E-state index contributed by atoms with van der Waals surface area (Å²) in [6.07, 6.45) is 0. The fourth-order valence-corrected chi connectivity index (χ4v) is 4.22. The fraction of sp³-hybridized carbons (Fsp3) is 0.190. The molecular formula is C21H20ClN3O7S. The van der Waals surface area contributed by atoms with E-state index < -0.39 is 28.6 Å². The maximum Gasteiger partial charge on any atom is 0.343 e. The van der Waals surface area contributed by atoms with Gasteiger partial charge in [-0.25, -0.2) is 9.59 Å². The summed E-state index contributed by atoms with van der Waals surface area (Å²) in [7, 11) is -4.35. The van der Waals surface area contributed by atoms with Crippen LogP contribution >= 0.6 is 11.6 Å². The molecule has 0 bridgehead atoms. The average Bonchev–Trinajstić information content (AvgIpc) is 2.87. The van der Waals surface area contributed by atoms with Crippen molar-refractivity contribution in [3.63, 3.8) is 0 Å². The monoisotopic (exact) mass is 493 g/mol. The molecule has 0 aromatic heterocycles. The van der Waals surface area contributed by atoms with Crippen LogP contribution in [0.3, 0.4) is 0 Å². The number of hydrogen-bond donors (Lipinski definition) is 3. The minimum absolute atomic E-state index is 0.000610. The Morgan fingerprint density at radius 1 is 1.12 bits per heavy atom. The van der Waals surface area contributed by atoms with Crippen molar-refractivity contribution in [2.24, 2.45) is 4.40 Å². The molecule has 0 saturated heterocycles. The van der Waals surface area contributed by atoms with Crippen LogP contribution in [0.25, 0.3) is 0 Å². The molecule has 2 aromatic carbocycles. The summed E-state index contributed by atoms with van der Waals surface area (Å²) >= 11 is 6.06. The molecule has 0 fully saturated rings. The zero-order valence-corrected chi connectivity index (χ0v) is 19.2. The van der Waals surface area contributed by atoms with Gasteiger partial charge in [0.25, 0.3) is 10.0 Å². The molecule has 0 unspecified atom stereocenters. The number of anilines is 2. The van der Waals surface area contributed by atoms with Gasteiger partial charge in [0.1, 0.15) is 11.3 Å². The number of halogens is 1. The van der Waals surface area contributed by atoms with Crippen LogP contribution in [-0.4, -0.2) is 44.5 Å². The van der Waals surface area contributed by atoms with Gasteiger partial charge in [0.05, 0.1) is 27.9 Å². The quantitative estimate of drug-likeness (QED) is 0.495. The summed E-state index contributed by atoms with van der Waals surface area (Å²) in [5, 5.41) is 14.6. The highest BCUT2D eigenvalue weighted by Gasteiger charge is 2.28. The normalized spacial score (nSPS) is 14.6. The van der Waals surface area contributed by atoms with Crippen LogP contribution in [0.1, 0.15) is 13.8 Å². The number of nitrogens with one attached hydrogen (secondary N) is 2. The zero-order chi connectivity index (χ0) is 24.2. The average molecular weight is 494 g/mol. The van der Waals surface area contributed by atoms with Gasteiger partial charge in [-0.3, -0.25) is 0 Å². The first kappa shape index (κ1) is 24.1. The molecular weight excluding hydrogens is 474 g/mol. The van der Waals surface area contributed by atoms with Gasteiger partial charge in [-0.15, -0.1) is 4.40 Å². The number of carbonyl (C=O) groups excluding carboxylic acids is 1. The number of sulfonamides is 1. The summed E-state index contributed by atoms with van der Waals surface area (Å²) in [6.45, 7) is 2.67. The zero-order valence-electron chi connectivity index (χ0n) is 17.6. The number of benzene rings is 2. The molecule has 0 spiro atoms. The fourth-order valence-electron chi connectivity index (χ4n) is 2.93. The van der Waals surface area contributed by atoms with Crippen LogP contribution in [-0.2, 0) is 24.3 Å². The Balaban J connectivity index is 2.06. The molecule has 3 N–H and O–H groups in total. The topological polar surface area (TPSA) is 143 Å². The third-order valence-electron chi connectivity index (χ3n) is 4.36. The van der Waals surface area contributed by atoms with Crippen LogP contribution in [0.2, 0.25) is 5.02 Å². The summed E-state index contributed by atoms with van der Waals surface area (Å²) in [6, 6.07) is 10.4. The van der Waals surface area contributed by atoms with Crippen LogP contribution in [0.15, 0.2) is 63.0 Å². The molecule has 0 amide bonds. The molecule has 0 aliphatic carbocycles. The summed E-state index contributed by atoms with van der Waals surface area (Å²) in [5.41, 5.74) is 1.38. The van der Waals surface area contributed by atoms with Crippen molar-refractivity contribution in [2.45, 2.75) is 18.7 Å². The molecule has 1 aliphatic rings. The number of ether oxygens (including phenoxy) is 2. The van der Waals surface area contributed by atoms with Crippen LogP contribution < -0.4 is 15.4 Å². The third-order valence-corrected chi connectivity index (χ3v) is 5.93. The standard InChI is InChI=1S/C21H20ClN3O7S/c1-3-31-21(28)19-12(2)23-15-6-4-5-7-16(15)24-20(19)25-33(29,30)13-8-9-17(14(22)10-13)32-11-18(26)27/h4-10,23H,3,11H2,1-2H3,(H,24,25)(H,26,27). The number of carboxylic acids is 1. The maximum absolute atomic E-state index is 13.1. The van der Waals surface area contributed by atoms with Gasteiger partial charge in [-0.1, -0.05) is 23.7 Å². The molecule has 2 aromatic rings. The van der Waals surface area contributed by atoms with E-state index in [0.717, 1.165) is 6.07 Å². The molecule has 10 nitrogen and oxygen atoms in total. The van der Waals surface area contributed by atoms with E-state index in [4.69, 9.17) is 26.2 Å². The number of amidine groups is 1. The molecule has 0 radical (unpaired) electrons. The number of esters is 1. The number of aliphatic carboxylic acids is 1. The lowest BCUT2D eigenvalue weighted by Crippen LogP contribution is -2.25. The Labute approximate surface area is 194 Å². The van der Waals surface area contributed by atoms with Gasteiger partial charge < -0.3 is 25.2 Å². The predicted molar refractivity (Wildman–Crippen MR) is 122 cm³/mol. The van der Waals surface area contributed by atoms with Crippen LogP contribution in [0.5, 0.6) is 5.75 Å². The Hall–Kier alpha value is -3.57. The summed E-state index contributed by atoms with van der Waals surface area (Å²) < 4.78 is 40.1. The largest absolute Gasteiger partial charge is 0.480 e. The van der Waals surface area contributed by atoms with E-state index in [1.54, 1.807) is 38.1 Å². The Kier molecular flexibility index (Phi) is 7.24. The molecule has 174 valence electrons. The van der Waals surface area contributed by atoms with E-state index in [-0.39, 0.29) is 33.7 Å². The van der Waals surface area contributed by atoms with Gasteiger partial charge in [0.2, 0.25) is 0 Å². The second-order valence-electron chi connectivity index (χ2n) is 6.71. The van der Waals surface area contributed by atoms with Crippen molar-refractivity contribution < 1.29 is 32.6 Å².